The second-order valence-corrected chi connectivity index (χ2v) is 12.7. The van der Waals surface area contributed by atoms with Gasteiger partial charge < -0.3 is 24.0 Å². The lowest BCUT2D eigenvalue weighted by Gasteiger charge is -2.38. The molecule has 2 saturated heterocycles. The number of piperidine rings is 1. The number of para-hydroxylation sites is 1. The molecule has 42 heavy (non-hydrogen) atoms. The Labute approximate surface area is 246 Å². The Morgan fingerprint density at radius 2 is 1.86 bits per heavy atom. The van der Waals surface area contributed by atoms with Crippen molar-refractivity contribution in [1.29, 1.82) is 0 Å². The van der Waals surface area contributed by atoms with E-state index in [2.05, 4.69) is 14.8 Å². The number of halogens is 3. The summed E-state index contributed by atoms with van der Waals surface area (Å²) in [5.41, 5.74) is 2.28. The number of aromatic nitrogens is 2. The molecule has 3 aromatic heterocycles. The van der Waals surface area contributed by atoms with E-state index < -0.39 is 12.3 Å². The summed E-state index contributed by atoms with van der Waals surface area (Å²) in [6.07, 6.45) is 0.706. The van der Waals surface area contributed by atoms with Crippen molar-refractivity contribution >= 4 is 33.8 Å². The Hall–Kier alpha value is -3.42. The van der Waals surface area contributed by atoms with Crippen LogP contribution in [0.15, 0.2) is 45.6 Å². The molecule has 7 rings (SSSR count). The van der Waals surface area contributed by atoms with Crippen molar-refractivity contribution < 1.29 is 37.1 Å². The lowest BCUT2D eigenvalue weighted by atomic mass is 10.00. The van der Waals surface area contributed by atoms with Crippen LogP contribution in [0.2, 0.25) is 0 Å². The zero-order valence-corrected chi connectivity index (χ0v) is 23.8. The molecule has 220 valence electrons. The van der Waals surface area contributed by atoms with E-state index >= 15 is 0 Å². The predicted molar refractivity (Wildman–Crippen MR) is 150 cm³/mol. The molecule has 1 aliphatic carbocycles. The SMILES string of the molecule is O=C(O)c1csc(-c2csc(N3[C@@H]4CC[C@H]3C[C@@H](OCc3c(-c5ccccc5OC(F)(F)F)noc3C3CC3)C4)n2)c1. The van der Waals surface area contributed by atoms with Crippen LogP contribution in [-0.4, -0.2) is 45.8 Å². The van der Waals surface area contributed by atoms with Crippen molar-refractivity contribution in [1.82, 2.24) is 10.1 Å². The van der Waals surface area contributed by atoms with E-state index in [-0.39, 0.29) is 47.6 Å². The number of hydrogen-bond donors (Lipinski definition) is 1. The summed E-state index contributed by atoms with van der Waals surface area (Å²) in [6, 6.07) is 8.15. The summed E-state index contributed by atoms with van der Waals surface area (Å²) in [4.78, 5) is 19.3. The highest BCUT2D eigenvalue weighted by atomic mass is 32.1. The normalized spacial score (nSPS) is 22.1. The van der Waals surface area contributed by atoms with E-state index in [1.165, 1.54) is 23.5 Å². The molecule has 1 N–H and O–H groups in total. The number of ether oxygens (including phenoxy) is 2. The number of anilines is 1. The van der Waals surface area contributed by atoms with Gasteiger partial charge in [-0.05, 0) is 56.7 Å². The summed E-state index contributed by atoms with van der Waals surface area (Å²) in [7, 11) is 0. The molecule has 2 aliphatic heterocycles. The number of hydrogen-bond acceptors (Lipinski definition) is 9. The lowest BCUT2D eigenvalue weighted by Crippen LogP contribution is -2.45. The molecule has 2 bridgehead atoms. The Morgan fingerprint density at radius 1 is 1.10 bits per heavy atom. The van der Waals surface area contributed by atoms with Crippen molar-refractivity contribution in [2.24, 2.45) is 0 Å². The first-order valence-electron chi connectivity index (χ1n) is 13.7. The van der Waals surface area contributed by atoms with Gasteiger partial charge in [0.1, 0.15) is 17.2 Å². The summed E-state index contributed by atoms with van der Waals surface area (Å²) in [5, 5.41) is 18.0. The minimum atomic E-state index is -4.83. The molecule has 3 atom stereocenters. The second-order valence-electron chi connectivity index (χ2n) is 10.9. The largest absolute Gasteiger partial charge is 0.573 e. The number of rotatable bonds is 9. The van der Waals surface area contributed by atoms with Crippen LogP contribution in [0, 0.1) is 0 Å². The summed E-state index contributed by atoms with van der Waals surface area (Å²) in [6.45, 7) is 0.195. The van der Waals surface area contributed by atoms with Gasteiger partial charge >= 0.3 is 12.3 Å². The van der Waals surface area contributed by atoms with Crippen LogP contribution >= 0.6 is 22.7 Å². The molecule has 3 fully saturated rings. The van der Waals surface area contributed by atoms with Gasteiger partial charge in [-0.25, -0.2) is 9.78 Å². The van der Waals surface area contributed by atoms with Crippen molar-refractivity contribution in [3.8, 4) is 27.6 Å². The highest BCUT2D eigenvalue weighted by molar-refractivity contribution is 7.16. The maximum absolute atomic E-state index is 13.1. The van der Waals surface area contributed by atoms with E-state index in [0.29, 0.717) is 17.0 Å². The first-order chi connectivity index (χ1) is 20.2. The smallest absolute Gasteiger partial charge is 0.478 e. The fourth-order valence-electron chi connectivity index (χ4n) is 6.07. The number of alkyl halides is 3. The Morgan fingerprint density at radius 3 is 2.55 bits per heavy atom. The fourth-order valence-corrected chi connectivity index (χ4v) is 7.96. The van der Waals surface area contributed by atoms with E-state index in [4.69, 9.17) is 14.2 Å². The number of thiophene rings is 1. The monoisotopic (exact) mass is 617 g/mol. The minimum absolute atomic E-state index is 0.0231. The highest BCUT2D eigenvalue weighted by Crippen LogP contribution is 2.47. The highest BCUT2D eigenvalue weighted by Gasteiger charge is 2.43. The molecular formula is C29H26F3N3O5S2. The lowest BCUT2D eigenvalue weighted by molar-refractivity contribution is -0.274. The maximum atomic E-state index is 13.1. The Balaban J connectivity index is 1.07. The van der Waals surface area contributed by atoms with Crippen LogP contribution < -0.4 is 9.64 Å². The number of carboxylic acid groups (broad SMARTS) is 1. The van der Waals surface area contributed by atoms with Gasteiger partial charge in [0.15, 0.2) is 5.13 Å². The van der Waals surface area contributed by atoms with E-state index in [0.717, 1.165) is 54.2 Å². The van der Waals surface area contributed by atoms with Gasteiger partial charge in [0.2, 0.25) is 0 Å². The minimum Gasteiger partial charge on any atom is -0.478 e. The standard InChI is InChI=1S/C29H26F3N3O5S2/c30-29(31,32)39-23-4-2-1-3-20(23)25-21(26(40-34-25)15-5-6-15)12-38-19-10-17-7-8-18(11-19)35(17)28-33-22(14-42-28)24-9-16(13-41-24)27(36)37/h1-4,9,13-15,17-19H,5-8,10-12H2,(H,36,37)/t17-,18+,19+. The number of carboxylic acids is 1. The number of nitrogens with zero attached hydrogens (tertiary/aromatic N) is 3. The topological polar surface area (TPSA) is 97.9 Å². The van der Waals surface area contributed by atoms with Crippen molar-refractivity contribution in [3.05, 3.63) is 58.0 Å². The third kappa shape index (κ3) is 5.40. The zero-order valence-electron chi connectivity index (χ0n) is 22.2. The molecule has 4 aromatic rings. The zero-order chi connectivity index (χ0) is 29.0. The van der Waals surface area contributed by atoms with E-state index in [1.807, 2.05) is 5.38 Å². The molecule has 0 spiro atoms. The molecule has 13 heteroatoms. The number of carbonyl (C=O) groups is 1. The number of benzene rings is 1. The van der Waals surface area contributed by atoms with Crippen LogP contribution in [0.3, 0.4) is 0 Å². The quantitative estimate of drug-likeness (QED) is 0.204. The van der Waals surface area contributed by atoms with Crippen molar-refractivity contribution in [2.45, 2.75) is 75.6 Å². The van der Waals surface area contributed by atoms with Gasteiger partial charge in [-0.15, -0.1) is 35.8 Å². The summed E-state index contributed by atoms with van der Waals surface area (Å²) >= 11 is 2.94. The molecular weight excluding hydrogens is 591 g/mol. The Bertz CT molecular complexity index is 1600. The van der Waals surface area contributed by atoms with Crippen LogP contribution in [0.1, 0.15) is 66.1 Å². The van der Waals surface area contributed by atoms with Gasteiger partial charge in [-0.1, -0.05) is 17.3 Å². The van der Waals surface area contributed by atoms with Crippen LogP contribution in [0.5, 0.6) is 5.75 Å². The molecule has 3 aliphatic rings. The van der Waals surface area contributed by atoms with Crippen LogP contribution in [0.25, 0.3) is 21.8 Å². The van der Waals surface area contributed by atoms with E-state index in [1.54, 1.807) is 34.9 Å². The molecule has 0 unspecified atom stereocenters. The second kappa shape index (κ2) is 10.7. The van der Waals surface area contributed by atoms with Crippen molar-refractivity contribution in [2.75, 3.05) is 4.90 Å². The van der Waals surface area contributed by atoms with E-state index in [9.17, 15) is 23.1 Å². The van der Waals surface area contributed by atoms with Crippen LogP contribution in [0.4, 0.5) is 18.3 Å². The predicted octanol–water partition coefficient (Wildman–Crippen LogP) is 7.72. The third-order valence-electron chi connectivity index (χ3n) is 8.10. The number of aromatic carboxylic acids is 1. The summed E-state index contributed by atoms with van der Waals surface area (Å²) in [5.74, 6) is -0.387. The molecule has 0 amide bonds. The van der Waals surface area contributed by atoms with Gasteiger partial charge in [0.25, 0.3) is 0 Å². The average Bonchev–Trinajstić information content (AvgIpc) is 3.29. The van der Waals surface area contributed by atoms with Gasteiger partial charge in [0, 0.05) is 39.9 Å². The number of thiazole rings is 1. The van der Waals surface area contributed by atoms with Gasteiger partial charge in [-0.3, -0.25) is 0 Å². The first kappa shape index (κ1) is 27.4. The Kier molecular flexibility index (Phi) is 6.98. The molecule has 1 aromatic carbocycles. The molecule has 0 radical (unpaired) electrons. The van der Waals surface area contributed by atoms with Gasteiger partial charge in [0.05, 0.1) is 28.8 Å². The molecule has 8 nitrogen and oxygen atoms in total. The number of fused-ring (bicyclic) bond motifs is 2. The molecule has 5 heterocycles. The van der Waals surface area contributed by atoms with Gasteiger partial charge in [-0.2, -0.15) is 0 Å². The average molecular weight is 618 g/mol. The molecule has 1 saturated carbocycles. The fraction of sp³-hybridized carbons (Fsp3) is 0.414. The van der Waals surface area contributed by atoms with Crippen molar-refractivity contribution in [3.63, 3.8) is 0 Å². The summed E-state index contributed by atoms with van der Waals surface area (Å²) < 4.78 is 55.7. The maximum Gasteiger partial charge on any atom is 0.573 e. The van der Waals surface area contributed by atoms with Crippen LogP contribution in [-0.2, 0) is 11.3 Å². The first-order valence-corrected chi connectivity index (χ1v) is 15.5. The third-order valence-corrected chi connectivity index (χ3v) is 9.91.